The second-order valence-corrected chi connectivity index (χ2v) is 11.0. The summed E-state index contributed by atoms with van der Waals surface area (Å²) in [6.45, 7) is 8.85. The number of hydrogen-bond acceptors (Lipinski definition) is 4. The molecule has 1 aromatic carbocycles. The lowest BCUT2D eigenvalue weighted by molar-refractivity contribution is -0.114. The molecule has 0 saturated heterocycles. The number of nitrogens with zero attached hydrogens (tertiary/aromatic N) is 2. The lowest BCUT2D eigenvalue weighted by atomic mass is 10.0. The summed E-state index contributed by atoms with van der Waals surface area (Å²) in [5.74, 6) is 0.473. The quantitative estimate of drug-likeness (QED) is 0.204. The molecule has 0 radical (unpaired) electrons. The van der Waals surface area contributed by atoms with Gasteiger partial charge < -0.3 is 10.1 Å². The van der Waals surface area contributed by atoms with Gasteiger partial charge in [-0.25, -0.2) is 13.8 Å². The minimum atomic E-state index is -1.19. The molecule has 1 atom stereocenters. The fourth-order valence-electron chi connectivity index (χ4n) is 4.56. The Morgan fingerprint density at radius 2 is 2.00 bits per heavy atom. The second-order valence-electron chi connectivity index (χ2n) is 11.0. The van der Waals surface area contributed by atoms with E-state index in [-0.39, 0.29) is 30.2 Å². The van der Waals surface area contributed by atoms with Gasteiger partial charge in [0, 0.05) is 29.4 Å². The number of fused-ring (bicyclic) bond motifs is 1. The standard InChI is InChI=1S/C32H37F2N3O2/c1-21(2)39-27-17-23(16-26(38)9-7-6-8-13-32(4,5)34)15-25(18-27)30-20-35-31-19-24(12-14-37(30)31)29-11-10-28(33)22(3)36-29/h7,9-12,14-15,17-22,36H,6,8,13,16H2,1-5H3/b9-7-. The van der Waals surface area contributed by atoms with Gasteiger partial charge in [-0.05, 0) is 108 Å². The van der Waals surface area contributed by atoms with Crippen molar-refractivity contribution < 1.29 is 18.3 Å². The Bertz CT molecular complexity index is 1430. The number of nitrogens with one attached hydrogen (secondary N) is 1. The van der Waals surface area contributed by atoms with E-state index in [1.54, 1.807) is 39.1 Å². The molecule has 3 heterocycles. The van der Waals surface area contributed by atoms with Crippen LogP contribution in [0.1, 0.15) is 65.0 Å². The van der Waals surface area contributed by atoms with Crippen LogP contribution in [-0.4, -0.2) is 33.0 Å². The van der Waals surface area contributed by atoms with Crippen LogP contribution in [0.5, 0.6) is 5.75 Å². The number of unbranched alkanes of at least 4 members (excludes halogenated alkanes) is 1. The first-order chi connectivity index (χ1) is 18.5. The zero-order chi connectivity index (χ0) is 28.2. The summed E-state index contributed by atoms with van der Waals surface area (Å²) in [4.78, 5) is 17.3. The van der Waals surface area contributed by atoms with Crippen molar-refractivity contribution in [3.63, 3.8) is 0 Å². The summed E-state index contributed by atoms with van der Waals surface area (Å²) in [6.07, 6.45) is 12.4. The highest BCUT2D eigenvalue weighted by Crippen LogP contribution is 2.29. The number of ether oxygens (including phenoxy) is 1. The van der Waals surface area contributed by atoms with Crippen molar-refractivity contribution in [3.05, 3.63) is 84.0 Å². The van der Waals surface area contributed by atoms with Gasteiger partial charge in [0.1, 0.15) is 22.9 Å². The number of benzene rings is 1. The van der Waals surface area contributed by atoms with Crippen LogP contribution in [0.3, 0.4) is 0 Å². The third kappa shape index (κ3) is 7.65. The molecule has 0 saturated carbocycles. The number of allylic oxidation sites excluding steroid dienone is 4. The summed E-state index contributed by atoms with van der Waals surface area (Å²) in [6, 6.07) is 9.40. The number of aromatic nitrogens is 2. The smallest absolute Gasteiger partial charge is 0.159 e. The number of rotatable bonds is 11. The van der Waals surface area contributed by atoms with Gasteiger partial charge in [-0.3, -0.25) is 9.20 Å². The second kappa shape index (κ2) is 12.0. The number of dihydropyridines is 1. The van der Waals surface area contributed by atoms with E-state index in [4.69, 9.17) is 4.74 Å². The molecule has 0 fully saturated rings. The SMILES string of the molecule is CC(C)Oc1cc(CC(=O)/C=C\CCCC(C)(C)F)cc(-c2cnc3cc(C4=CC=C(F)C(C)N4)ccn23)c1. The van der Waals surface area contributed by atoms with E-state index in [0.29, 0.717) is 25.0 Å². The minimum Gasteiger partial charge on any atom is -0.491 e. The molecule has 3 aromatic rings. The fraction of sp³-hybridized carbons (Fsp3) is 0.375. The summed E-state index contributed by atoms with van der Waals surface area (Å²) >= 11 is 0. The molecule has 5 nitrogen and oxygen atoms in total. The maximum atomic E-state index is 13.8. The third-order valence-corrected chi connectivity index (χ3v) is 6.48. The Hall–Kier alpha value is -3.74. The molecule has 7 heteroatoms. The van der Waals surface area contributed by atoms with E-state index >= 15 is 0 Å². The summed E-state index contributed by atoms with van der Waals surface area (Å²) in [5, 5.41) is 3.17. The van der Waals surface area contributed by atoms with Crippen LogP contribution in [0, 0.1) is 0 Å². The van der Waals surface area contributed by atoms with Gasteiger partial charge in [0.2, 0.25) is 0 Å². The Balaban J connectivity index is 1.57. The molecular weight excluding hydrogens is 496 g/mol. The first kappa shape index (κ1) is 28.3. The van der Waals surface area contributed by atoms with Gasteiger partial charge >= 0.3 is 0 Å². The Labute approximate surface area is 229 Å². The van der Waals surface area contributed by atoms with Gasteiger partial charge in [-0.1, -0.05) is 6.08 Å². The molecule has 0 bridgehead atoms. The van der Waals surface area contributed by atoms with Crippen LogP contribution < -0.4 is 10.1 Å². The van der Waals surface area contributed by atoms with Crippen LogP contribution in [0.25, 0.3) is 22.6 Å². The molecule has 0 spiro atoms. The summed E-state index contributed by atoms with van der Waals surface area (Å²) in [7, 11) is 0. The number of imidazole rings is 1. The number of alkyl halides is 1. The summed E-state index contributed by atoms with van der Waals surface area (Å²) in [5.41, 5.74) is 3.91. The van der Waals surface area contributed by atoms with E-state index in [0.717, 1.165) is 33.7 Å². The van der Waals surface area contributed by atoms with Crippen molar-refractivity contribution in [2.45, 2.75) is 78.1 Å². The molecule has 1 N–H and O–H groups in total. The van der Waals surface area contributed by atoms with Gasteiger partial charge in [0.25, 0.3) is 0 Å². The molecule has 1 aliphatic heterocycles. The number of carbonyl (C=O) groups excluding carboxylic acids is 1. The molecule has 0 amide bonds. The first-order valence-electron chi connectivity index (χ1n) is 13.5. The Morgan fingerprint density at radius 3 is 2.72 bits per heavy atom. The van der Waals surface area contributed by atoms with Crippen molar-refractivity contribution in [1.29, 1.82) is 0 Å². The van der Waals surface area contributed by atoms with Crippen LogP contribution in [0.4, 0.5) is 8.78 Å². The largest absolute Gasteiger partial charge is 0.491 e. The average Bonchev–Trinajstić information content (AvgIpc) is 3.27. The molecule has 1 unspecified atom stereocenters. The number of ketones is 1. The monoisotopic (exact) mass is 533 g/mol. The van der Waals surface area contributed by atoms with Crippen LogP contribution in [0.15, 0.2) is 72.9 Å². The zero-order valence-corrected chi connectivity index (χ0v) is 23.3. The van der Waals surface area contributed by atoms with Crippen LogP contribution in [0.2, 0.25) is 0 Å². The first-order valence-corrected chi connectivity index (χ1v) is 13.5. The molecule has 2 aromatic heterocycles. The van der Waals surface area contributed by atoms with Gasteiger partial charge in [0.05, 0.1) is 24.0 Å². The zero-order valence-electron chi connectivity index (χ0n) is 23.3. The highest BCUT2D eigenvalue weighted by atomic mass is 19.1. The van der Waals surface area contributed by atoms with Crippen molar-refractivity contribution in [3.8, 4) is 17.0 Å². The number of hydrogen-bond donors (Lipinski definition) is 1. The summed E-state index contributed by atoms with van der Waals surface area (Å²) < 4.78 is 35.4. The Morgan fingerprint density at radius 1 is 1.21 bits per heavy atom. The van der Waals surface area contributed by atoms with E-state index in [9.17, 15) is 13.6 Å². The lowest BCUT2D eigenvalue weighted by Crippen LogP contribution is -2.27. The fourth-order valence-corrected chi connectivity index (χ4v) is 4.56. The third-order valence-electron chi connectivity index (χ3n) is 6.48. The topological polar surface area (TPSA) is 55.6 Å². The molecule has 206 valence electrons. The predicted octanol–water partition coefficient (Wildman–Crippen LogP) is 7.56. The van der Waals surface area contributed by atoms with Crippen molar-refractivity contribution in [1.82, 2.24) is 14.7 Å². The van der Waals surface area contributed by atoms with Crippen molar-refractivity contribution in [2.75, 3.05) is 0 Å². The molecule has 4 rings (SSSR count). The normalized spacial score (nSPS) is 15.9. The lowest BCUT2D eigenvalue weighted by Gasteiger charge is -2.20. The van der Waals surface area contributed by atoms with E-state index in [1.165, 1.54) is 6.08 Å². The number of carbonyl (C=O) groups is 1. The number of pyridine rings is 1. The highest BCUT2D eigenvalue weighted by molar-refractivity contribution is 5.91. The van der Waals surface area contributed by atoms with E-state index < -0.39 is 5.67 Å². The van der Waals surface area contributed by atoms with Gasteiger partial charge in [-0.2, -0.15) is 0 Å². The van der Waals surface area contributed by atoms with E-state index in [1.807, 2.05) is 60.9 Å². The van der Waals surface area contributed by atoms with Crippen molar-refractivity contribution >= 4 is 17.1 Å². The molecule has 0 aliphatic carbocycles. The van der Waals surface area contributed by atoms with Crippen molar-refractivity contribution in [2.24, 2.45) is 0 Å². The molecule has 39 heavy (non-hydrogen) atoms. The predicted molar refractivity (Wildman–Crippen MR) is 153 cm³/mol. The number of halogens is 2. The molecule has 1 aliphatic rings. The molecular formula is C32H37F2N3O2. The maximum Gasteiger partial charge on any atom is 0.159 e. The average molecular weight is 534 g/mol. The van der Waals surface area contributed by atoms with E-state index in [2.05, 4.69) is 10.3 Å². The van der Waals surface area contributed by atoms with Crippen LogP contribution >= 0.6 is 0 Å². The minimum absolute atomic E-state index is 0.0158. The van der Waals surface area contributed by atoms with Gasteiger partial charge in [-0.15, -0.1) is 0 Å². The van der Waals surface area contributed by atoms with Crippen LogP contribution in [-0.2, 0) is 11.2 Å². The maximum absolute atomic E-state index is 13.8. The Kier molecular flexibility index (Phi) is 8.68. The van der Waals surface area contributed by atoms with Gasteiger partial charge in [0.15, 0.2) is 5.78 Å². The highest BCUT2D eigenvalue weighted by Gasteiger charge is 2.17.